The first-order valence-electron chi connectivity index (χ1n) is 22.7. The first-order valence-corrected chi connectivity index (χ1v) is 23.6. The molecule has 67 heavy (non-hydrogen) atoms. The molecule has 0 atom stereocenters. The summed E-state index contributed by atoms with van der Waals surface area (Å²) in [7, 11) is 0. The van der Waals surface area contributed by atoms with Gasteiger partial charge in [-0.15, -0.1) is 11.3 Å². The summed E-state index contributed by atoms with van der Waals surface area (Å²) in [5.41, 5.74) is 8.64. The third-order valence-electron chi connectivity index (χ3n) is 13.6. The van der Waals surface area contributed by atoms with E-state index in [0.717, 1.165) is 27.8 Å². The maximum Gasteiger partial charge on any atom is 0.164 e. The molecule has 2 heterocycles. The molecular formula is C63H37N3S. The number of fused-ring (bicyclic) bond motifs is 3. The second kappa shape index (κ2) is 15.0. The van der Waals surface area contributed by atoms with Crippen LogP contribution in [-0.2, 0) is 0 Å². The predicted molar refractivity (Wildman–Crippen MR) is 284 cm³/mol. The molecule has 12 aromatic carbocycles. The largest absolute Gasteiger partial charge is 0.208 e. The number of hydrogen-bond acceptors (Lipinski definition) is 4. The highest BCUT2D eigenvalue weighted by Gasteiger charge is 2.18. The summed E-state index contributed by atoms with van der Waals surface area (Å²) in [6.07, 6.45) is 0. The highest BCUT2D eigenvalue weighted by molar-refractivity contribution is 7.22. The zero-order valence-electron chi connectivity index (χ0n) is 36.1. The van der Waals surface area contributed by atoms with E-state index in [4.69, 9.17) is 15.0 Å². The van der Waals surface area contributed by atoms with Crippen LogP contribution in [0.5, 0.6) is 0 Å². The number of nitrogens with zero attached hydrogens (tertiary/aromatic N) is 3. The molecule has 0 spiro atoms. The number of aromatic nitrogens is 3. The average molecular weight is 868 g/mol. The van der Waals surface area contributed by atoms with Gasteiger partial charge in [0.1, 0.15) is 0 Å². The van der Waals surface area contributed by atoms with Gasteiger partial charge in [-0.2, -0.15) is 0 Å². The Morgan fingerprint density at radius 3 is 1.27 bits per heavy atom. The van der Waals surface area contributed by atoms with Gasteiger partial charge in [0, 0.05) is 26.3 Å². The summed E-state index contributed by atoms with van der Waals surface area (Å²) in [5.74, 6) is 1.93. The molecule has 0 aliphatic rings. The fourth-order valence-corrected chi connectivity index (χ4v) is 11.5. The minimum atomic E-state index is 0.638. The Morgan fingerprint density at radius 1 is 0.239 bits per heavy atom. The van der Waals surface area contributed by atoms with E-state index in [9.17, 15) is 0 Å². The van der Waals surface area contributed by atoms with E-state index in [1.54, 1.807) is 0 Å². The first kappa shape index (κ1) is 37.8. The first-order chi connectivity index (χ1) is 33.2. The quantitative estimate of drug-likeness (QED) is 0.156. The third kappa shape index (κ3) is 6.22. The maximum absolute atomic E-state index is 5.09. The zero-order chi connectivity index (χ0) is 44.0. The Kier molecular flexibility index (Phi) is 8.45. The van der Waals surface area contributed by atoms with Crippen LogP contribution in [0.4, 0.5) is 0 Å². The van der Waals surface area contributed by atoms with Crippen molar-refractivity contribution in [1.82, 2.24) is 15.0 Å². The molecule has 310 valence electrons. The van der Waals surface area contributed by atoms with E-state index in [1.807, 2.05) is 29.5 Å². The van der Waals surface area contributed by atoms with Gasteiger partial charge in [0.05, 0.1) is 0 Å². The molecule has 0 fully saturated rings. The number of hydrogen-bond donors (Lipinski definition) is 0. The van der Waals surface area contributed by atoms with Crippen molar-refractivity contribution in [2.75, 3.05) is 0 Å². The number of rotatable bonds is 6. The lowest BCUT2D eigenvalue weighted by Crippen LogP contribution is -2.00. The highest BCUT2D eigenvalue weighted by Crippen LogP contribution is 2.45. The Balaban J connectivity index is 0.861. The van der Waals surface area contributed by atoms with Crippen molar-refractivity contribution in [3.8, 4) is 66.9 Å². The van der Waals surface area contributed by atoms with Crippen LogP contribution >= 0.6 is 11.3 Å². The summed E-state index contributed by atoms with van der Waals surface area (Å²) in [6.45, 7) is 0. The molecule has 0 N–H and O–H groups in total. The fraction of sp³-hybridized carbons (Fsp3) is 0. The smallest absolute Gasteiger partial charge is 0.164 e. The molecule has 4 heteroatoms. The molecule has 14 rings (SSSR count). The minimum Gasteiger partial charge on any atom is -0.208 e. The second-order valence-electron chi connectivity index (χ2n) is 17.5. The van der Waals surface area contributed by atoms with Gasteiger partial charge in [-0.3, -0.25) is 0 Å². The van der Waals surface area contributed by atoms with E-state index in [-0.39, 0.29) is 0 Å². The van der Waals surface area contributed by atoms with E-state index in [1.165, 1.54) is 96.3 Å². The van der Waals surface area contributed by atoms with Gasteiger partial charge in [-0.1, -0.05) is 194 Å². The van der Waals surface area contributed by atoms with Gasteiger partial charge in [0.25, 0.3) is 0 Å². The SMILES string of the molecule is c1ccc(-c2nc(-c3ccc(-c4cccc(-c5cc6ccc7cccc8c9cccc%10ccc%11cccc(c(c5)c6c78)c%11c%109)c4)cc3)nc(-c3ccc(-c4cc5ccccc5s4)cc3)n2)cc1. The van der Waals surface area contributed by atoms with Crippen molar-refractivity contribution in [3.63, 3.8) is 0 Å². The van der Waals surface area contributed by atoms with Crippen LogP contribution in [0.25, 0.3) is 142 Å². The van der Waals surface area contributed by atoms with Gasteiger partial charge in [0.2, 0.25) is 0 Å². The van der Waals surface area contributed by atoms with E-state index < -0.39 is 0 Å². The summed E-state index contributed by atoms with van der Waals surface area (Å²) >= 11 is 1.81. The summed E-state index contributed by atoms with van der Waals surface area (Å²) in [5, 5.41) is 16.7. The normalized spacial score (nSPS) is 11.9. The monoisotopic (exact) mass is 867 g/mol. The van der Waals surface area contributed by atoms with Gasteiger partial charge < -0.3 is 0 Å². The predicted octanol–water partition coefficient (Wildman–Crippen LogP) is 17.4. The van der Waals surface area contributed by atoms with E-state index >= 15 is 0 Å². The van der Waals surface area contributed by atoms with Crippen LogP contribution < -0.4 is 0 Å². The van der Waals surface area contributed by atoms with Gasteiger partial charge in [-0.05, 0) is 128 Å². The molecule has 0 saturated heterocycles. The lowest BCUT2D eigenvalue weighted by Gasteiger charge is -2.17. The van der Waals surface area contributed by atoms with Crippen molar-refractivity contribution in [3.05, 3.63) is 224 Å². The van der Waals surface area contributed by atoms with Crippen LogP contribution in [0, 0.1) is 0 Å². The third-order valence-corrected chi connectivity index (χ3v) is 14.8. The van der Waals surface area contributed by atoms with Crippen molar-refractivity contribution < 1.29 is 0 Å². The lowest BCUT2D eigenvalue weighted by atomic mass is 9.86. The maximum atomic E-state index is 5.09. The fourth-order valence-electron chi connectivity index (χ4n) is 10.4. The molecule has 0 unspecified atom stereocenters. The van der Waals surface area contributed by atoms with E-state index in [2.05, 4.69) is 206 Å². The Labute approximate surface area is 390 Å². The molecule has 14 aromatic rings. The number of benzene rings is 11. The minimum absolute atomic E-state index is 0.638. The Hall–Kier alpha value is -8.57. The highest BCUT2D eigenvalue weighted by atomic mass is 32.1. The van der Waals surface area contributed by atoms with E-state index in [0.29, 0.717) is 17.5 Å². The van der Waals surface area contributed by atoms with Crippen molar-refractivity contribution in [2.45, 2.75) is 0 Å². The number of thiophene rings is 1. The van der Waals surface area contributed by atoms with Crippen LogP contribution in [0.15, 0.2) is 224 Å². The van der Waals surface area contributed by atoms with Crippen molar-refractivity contribution in [2.24, 2.45) is 0 Å². The van der Waals surface area contributed by atoms with Crippen molar-refractivity contribution >= 4 is 86.1 Å². The summed E-state index contributed by atoms with van der Waals surface area (Å²) in [6, 6.07) is 81.4. The Morgan fingerprint density at radius 2 is 0.672 bits per heavy atom. The van der Waals surface area contributed by atoms with Crippen LogP contribution in [0.3, 0.4) is 0 Å². The van der Waals surface area contributed by atoms with Gasteiger partial charge >= 0.3 is 0 Å². The molecule has 2 aromatic heterocycles. The standard InChI is InChI=1S/C63H37N3S/c1-2-10-43(11-3-1)61-64-62(66-63(65-61)45-31-24-39(25-32-45)56-37-48-12-4-5-21-55(48)67-56)44-29-22-38(23-30-44)46-16-6-17-47(34-46)50-35-49-33-28-42-14-8-19-52-51-18-7-13-40-26-27-41-15-9-20-53(59(41)57(40)51)54(36-50)60(49)58(42)52/h1-37H. The van der Waals surface area contributed by atoms with Crippen LogP contribution in [-0.4, -0.2) is 15.0 Å². The second-order valence-corrected chi connectivity index (χ2v) is 18.6. The molecule has 0 radical (unpaired) electrons. The zero-order valence-corrected chi connectivity index (χ0v) is 36.9. The average Bonchev–Trinajstić information content (AvgIpc) is 3.84. The van der Waals surface area contributed by atoms with Gasteiger partial charge in [0.15, 0.2) is 17.5 Å². The lowest BCUT2D eigenvalue weighted by molar-refractivity contribution is 1.07. The van der Waals surface area contributed by atoms with Gasteiger partial charge in [-0.25, -0.2) is 15.0 Å². The molecule has 0 bridgehead atoms. The molecule has 0 amide bonds. The van der Waals surface area contributed by atoms with Crippen LogP contribution in [0.1, 0.15) is 0 Å². The van der Waals surface area contributed by atoms with Crippen LogP contribution in [0.2, 0.25) is 0 Å². The topological polar surface area (TPSA) is 38.7 Å². The molecule has 0 aliphatic heterocycles. The molecule has 0 saturated carbocycles. The molecule has 3 nitrogen and oxygen atoms in total. The molecule has 0 aliphatic carbocycles. The Bertz CT molecular complexity index is 4210. The van der Waals surface area contributed by atoms with Crippen molar-refractivity contribution in [1.29, 1.82) is 0 Å². The molecular weight excluding hydrogens is 831 g/mol. The summed E-state index contributed by atoms with van der Waals surface area (Å²) < 4.78 is 1.29. The summed E-state index contributed by atoms with van der Waals surface area (Å²) in [4.78, 5) is 16.4.